The van der Waals surface area contributed by atoms with E-state index in [9.17, 15) is 9.70 Å². The highest BCUT2D eigenvalue weighted by Gasteiger charge is 2.06. The molecule has 0 bridgehead atoms. The van der Waals surface area contributed by atoms with E-state index in [1.807, 2.05) is 0 Å². The Morgan fingerprint density at radius 1 is 1.43 bits per heavy atom. The van der Waals surface area contributed by atoms with Gasteiger partial charge in [0.1, 0.15) is 11.5 Å². The average Bonchev–Trinajstić information content (AvgIpc) is 2.16. The van der Waals surface area contributed by atoms with Gasteiger partial charge in [0.15, 0.2) is 5.69 Å². The Morgan fingerprint density at radius 2 is 2.14 bits per heavy atom. The lowest BCUT2D eigenvalue weighted by Crippen LogP contribution is -2.01. The molecule has 5 nitrogen and oxygen atoms in total. The molecule has 1 aromatic carbocycles. The first-order chi connectivity index (χ1) is 6.67. The maximum absolute atomic E-state index is 10.6. The number of ether oxygens (including phenoxy) is 2. The molecule has 1 aromatic rings. The topological polar surface area (TPSA) is 65.0 Å². The molecule has 0 saturated carbocycles. The predicted molar refractivity (Wildman–Crippen MR) is 49.8 cm³/mol. The second-order valence-corrected chi connectivity index (χ2v) is 2.52. The molecule has 0 fully saturated rings. The van der Waals surface area contributed by atoms with Gasteiger partial charge in [0.2, 0.25) is 0 Å². The second-order valence-electron chi connectivity index (χ2n) is 2.52. The number of methoxy groups -OCH3 is 1. The van der Waals surface area contributed by atoms with Crippen LogP contribution >= 0.6 is 0 Å². The van der Waals surface area contributed by atoms with Gasteiger partial charge in [-0.25, -0.2) is 0 Å². The molecule has 0 atom stereocenters. The monoisotopic (exact) mass is 195 g/mol. The summed E-state index contributed by atoms with van der Waals surface area (Å²) in [7, 11) is 1.43. The Bertz CT molecular complexity index is 362. The molecular weight excluding hydrogens is 186 g/mol. The first-order valence-electron chi connectivity index (χ1n) is 3.87. The van der Waals surface area contributed by atoms with E-state index in [1.165, 1.54) is 32.2 Å². The van der Waals surface area contributed by atoms with Gasteiger partial charge in [0, 0.05) is 13.0 Å². The molecule has 0 unspecified atom stereocenters. The van der Waals surface area contributed by atoms with Crippen LogP contribution in [0.15, 0.2) is 23.4 Å². The third-order valence-corrected chi connectivity index (χ3v) is 1.51. The van der Waals surface area contributed by atoms with Crippen molar-refractivity contribution in [2.45, 2.75) is 6.92 Å². The Balaban J connectivity index is 3.01. The zero-order chi connectivity index (χ0) is 10.6. The lowest BCUT2D eigenvalue weighted by atomic mass is 10.3. The summed E-state index contributed by atoms with van der Waals surface area (Å²) in [6, 6.07) is 4.37. The molecule has 0 amide bonds. The molecule has 0 aliphatic heterocycles. The number of carbonyl (C=O) groups excluding carboxylic acids is 1. The van der Waals surface area contributed by atoms with Crippen molar-refractivity contribution in [2.24, 2.45) is 5.18 Å². The lowest BCUT2D eigenvalue weighted by Gasteiger charge is -2.04. The van der Waals surface area contributed by atoms with Crippen molar-refractivity contribution in [1.82, 2.24) is 0 Å². The summed E-state index contributed by atoms with van der Waals surface area (Å²) >= 11 is 0. The quantitative estimate of drug-likeness (QED) is 0.420. The number of esters is 1. The van der Waals surface area contributed by atoms with Crippen molar-refractivity contribution in [2.75, 3.05) is 7.11 Å². The minimum atomic E-state index is -0.452. The molecule has 5 heteroatoms. The molecule has 0 N–H and O–H groups in total. The highest BCUT2D eigenvalue weighted by atomic mass is 16.5. The van der Waals surface area contributed by atoms with E-state index in [1.54, 1.807) is 0 Å². The van der Waals surface area contributed by atoms with Crippen LogP contribution in [0.3, 0.4) is 0 Å². The van der Waals surface area contributed by atoms with Crippen LogP contribution in [0.5, 0.6) is 11.5 Å². The van der Waals surface area contributed by atoms with E-state index >= 15 is 0 Å². The van der Waals surface area contributed by atoms with E-state index in [4.69, 9.17) is 9.47 Å². The van der Waals surface area contributed by atoms with E-state index in [2.05, 4.69) is 5.18 Å². The SMILES string of the molecule is COc1ccc(OC(C)=O)cc1N=O. The van der Waals surface area contributed by atoms with Crippen molar-refractivity contribution in [3.05, 3.63) is 23.1 Å². The van der Waals surface area contributed by atoms with Gasteiger partial charge in [-0.05, 0) is 17.3 Å². The molecule has 0 saturated heterocycles. The molecule has 0 aromatic heterocycles. The maximum atomic E-state index is 10.6. The van der Waals surface area contributed by atoms with Crippen LogP contribution in [0.25, 0.3) is 0 Å². The van der Waals surface area contributed by atoms with Crippen LogP contribution < -0.4 is 9.47 Å². The predicted octanol–water partition coefficient (Wildman–Crippen LogP) is 2.02. The second kappa shape index (κ2) is 4.36. The Kier molecular flexibility index (Phi) is 3.17. The standard InChI is InChI=1S/C9H9NO4/c1-6(11)14-7-3-4-9(13-2)8(5-7)10-12/h3-5H,1-2H3. The molecule has 0 heterocycles. The van der Waals surface area contributed by atoms with Crippen molar-refractivity contribution in [1.29, 1.82) is 0 Å². The summed E-state index contributed by atoms with van der Waals surface area (Å²) in [6.07, 6.45) is 0. The lowest BCUT2D eigenvalue weighted by molar-refractivity contribution is -0.131. The van der Waals surface area contributed by atoms with Crippen molar-refractivity contribution >= 4 is 11.7 Å². The van der Waals surface area contributed by atoms with E-state index in [0.717, 1.165) is 0 Å². The highest BCUT2D eigenvalue weighted by Crippen LogP contribution is 2.31. The van der Waals surface area contributed by atoms with Crippen LogP contribution in [-0.2, 0) is 4.79 Å². The van der Waals surface area contributed by atoms with Gasteiger partial charge in [-0.1, -0.05) is 0 Å². The van der Waals surface area contributed by atoms with E-state index in [-0.39, 0.29) is 11.4 Å². The van der Waals surface area contributed by atoms with Crippen LogP contribution in [0, 0.1) is 4.91 Å². The number of carbonyl (C=O) groups is 1. The normalized spacial score (nSPS) is 9.29. The Hall–Kier alpha value is -1.91. The smallest absolute Gasteiger partial charge is 0.308 e. The van der Waals surface area contributed by atoms with Gasteiger partial charge in [-0.3, -0.25) is 4.79 Å². The molecule has 0 aliphatic carbocycles. The number of hydrogen-bond donors (Lipinski definition) is 0. The van der Waals surface area contributed by atoms with Gasteiger partial charge in [-0.15, -0.1) is 4.91 Å². The van der Waals surface area contributed by atoms with Gasteiger partial charge >= 0.3 is 5.97 Å². The average molecular weight is 195 g/mol. The third-order valence-electron chi connectivity index (χ3n) is 1.51. The fraction of sp³-hybridized carbons (Fsp3) is 0.222. The fourth-order valence-electron chi connectivity index (χ4n) is 0.971. The summed E-state index contributed by atoms with van der Waals surface area (Å²) in [6.45, 7) is 1.28. The summed E-state index contributed by atoms with van der Waals surface area (Å²) in [5.41, 5.74) is 0.103. The largest absolute Gasteiger partial charge is 0.494 e. The summed E-state index contributed by atoms with van der Waals surface area (Å²) in [4.78, 5) is 21.0. The first-order valence-corrected chi connectivity index (χ1v) is 3.87. The van der Waals surface area contributed by atoms with Gasteiger partial charge < -0.3 is 9.47 Å². The minimum Gasteiger partial charge on any atom is -0.494 e. The molecule has 1 rings (SSSR count). The molecule has 0 aliphatic rings. The zero-order valence-corrected chi connectivity index (χ0v) is 7.81. The van der Waals surface area contributed by atoms with Gasteiger partial charge in [0.05, 0.1) is 7.11 Å². The number of rotatable bonds is 3. The van der Waals surface area contributed by atoms with E-state index < -0.39 is 5.97 Å². The van der Waals surface area contributed by atoms with Crippen molar-refractivity contribution in [3.63, 3.8) is 0 Å². The summed E-state index contributed by atoms with van der Waals surface area (Å²) in [5.74, 6) is 0.163. The van der Waals surface area contributed by atoms with Gasteiger partial charge in [0.25, 0.3) is 0 Å². The maximum Gasteiger partial charge on any atom is 0.308 e. The van der Waals surface area contributed by atoms with Crippen LogP contribution in [-0.4, -0.2) is 13.1 Å². The number of hydrogen-bond acceptors (Lipinski definition) is 5. The Labute approximate surface area is 80.6 Å². The van der Waals surface area contributed by atoms with Crippen LogP contribution in [0.2, 0.25) is 0 Å². The fourth-order valence-corrected chi connectivity index (χ4v) is 0.971. The van der Waals surface area contributed by atoms with Crippen molar-refractivity contribution < 1.29 is 14.3 Å². The number of benzene rings is 1. The first kappa shape index (κ1) is 10.2. The zero-order valence-electron chi connectivity index (χ0n) is 7.81. The summed E-state index contributed by atoms with van der Waals surface area (Å²) in [5, 5.41) is 2.74. The minimum absolute atomic E-state index is 0.103. The van der Waals surface area contributed by atoms with Crippen LogP contribution in [0.4, 0.5) is 5.69 Å². The van der Waals surface area contributed by atoms with Crippen LogP contribution in [0.1, 0.15) is 6.92 Å². The Morgan fingerprint density at radius 3 is 2.64 bits per heavy atom. The molecule has 74 valence electrons. The highest BCUT2D eigenvalue weighted by molar-refractivity contribution is 5.70. The third kappa shape index (κ3) is 2.29. The molecule has 0 spiro atoms. The summed E-state index contributed by atoms with van der Waals surface area (Å²) < 4.78 is 9.62. The number of nitroso groups, excluding NO2 is 1. The van der Waals surface area contributed by atoms with Gasteiger partial charge in [-0.2, -0.15) is 0 Å². The molecular formula is C9H9NO4. The number of nitrogens with zero attached hydrogens (tertiary/aromatic N) is 1. The molecule has 14 heavy (non-hydrogen) atoms. The molecule has 0 radical (unpaired) electrons. The van der Waals surface area contributed by atoms with Crippen molar-refractivity contribution in [3.8, 4) is 11.5 Å². The van der Waals surface area contributed by atoms with E-state index in [0.29, 0.717) is 5.75 Å².